The van der Waals surface area contributed by atoms with E-state index in [0.717, 1.165) is 11.5 Å². The molecule has 0 saturated carbocycles. The fourth-order valence-electron chi connectivity index (χ4n) is 1.19. The van der Waals surface area contributed by atoms with Crippen molar-refractivity contribution in [2.45, 2.75) is 12.8 Å². The van der Waals surface area contributed by atoms with Gasteiger partial charge in [0.1, 0.15) is 11.5 Å². The number of oxazole rings is 1. The molecular weight excluding hydrogens is 138 g/mol. The summed E-state index contributed by atoms with van der Waals surface area (Å²) < 4.78 is 5.23. The van der Waals surface area contributed by atoms with Crippen molar-refractivity contribution in [1.82, 2.24) is 4.98 Å². The van der Waals surface area contributed by atoms with Crippen LogP contribution in [0.1, 0.15) is 24.3 Å². The summed E-state index contributed by atoms with van der Waals surface area (Å²) in [5.41, 5.74) is 0.947. The van der Waals surface area contributed by atoms with Crippen LogP contribution in [0.4, 0.5) is 0 Å². The molecule has 0 amide bonds. The molecule has 1 heterocycles. The van der Waals surface area contributed by atoms with E-state index in [1.165, 1.54) is 6.39 Å². The normalized spacial score (nSPS) is 21.4. The Morgan fingerprint density at radius 2 is 2.36 bits per heavy atom. The summed E-state index contributed by atoms with van der Waals surface area (Å²) in [4.78, 5) is 4.07. The molecule has 0 bridgehead atoms. The van der Waals surface area contributed by atoms with Crippen LogP contribution in [0, 0.1) is 0 Å². The van der Waals surface area contributed by atoms with Crippen LogP contribution in [-0.2, 0) is 0 Å². The van der Waals surface area contributed by atoms with Gasteiger partial charge in [0, 0.05) is 5.92 Å². The van der Waals surface area contributed by atoms with Crippen molar-refractivity contribution < 1.29 is 4.42 Å². The number of nitrogens with zero attached hydrogens (tertiary/aromatic N) is 1. The second kappa shape index (κ2) is 2.38. The lowest BCUT2D eigenvalue weighted by Crippen LogP contribution is -1.87. The standard InChI is InChI=1S/C9H9NO/c1-7-4-2-3-5-8-9(7)11-6-10-8/h2-7H,1H3/t7-/m1/s1. The Morgan fingerprint density at radius 1 is 1.45 bits per heavy atom. The van der Waals surface area contributed by atoms with Gasteiger partial charge in [-0.25, -0.2) is 4.98 Å². The van der Waals surface area contributed by atoms with Gasteiger partial charge in [-0.3, -0.25) is 0 Å². The smallest absolute Gasteiger partial charge is 0.181 e. The molecule has 2 nitrogen and oxygen atoms in total. The van der Waals surface area contributed by atoms with Crippen LogP contribution in [0.15, 0.2) is 29.0 Å². The molecular formula is C9H9NO. The summed E-state index contributed by atoms with van der Waals surface area (Å²) in [6.45, 7) is 2.09. The molecule has 2 rings (SSSR count). The predicted octanol–water partition coefficient (Wildman–Crippen LogP) is 2.36. The van der Waals surface area contributed by atoms with Crippen LogP contribution in [0.5, 0.6) is 0 Å². The Bertz CT molecular complexity index is 309. The van der Waals surface area contributed by atoms with E-state index in [0.29, 0.717) is 5.92 Å². The minimum atomic E-state index is 0.336. The molecule has 0 unspecified atom stereocenters. The molecule has 1 atom stereocenters. The molecule has 0 fully saturated rings. The lowest BCUT2D eigenvalue weighted by atomic mass is 10.1. The van der Waals surface area contributed by atoms with Crippen LogP contribution < -0.4 is 0 Å². The maximum absolute atomic E-state index is 5.23. The molecule has 11 heavy (non-hydrogen) atoms. The second-order valence-corrected chi connectivity index (χ2v) is 2.63. The second-order valence-electron chi connectivity index (χ2n) is 2.63. The van der Waals surface area contributed by atoms with Crippen molar-refractivity contribution in [3.05, 3.63) is 36.1 Å². The Balaban J connectivity index is 2.53. The highest BCUT2D eigenvalue weighted by Crippen LogP contribution is 2.23. The predicted molar refractivity (Wildman–Crippen MR) is 43.1 cm³/mol. The minimum Gasteiger partial charge on any atom is -0.447 e. The van der Waals surface area contributed by atoms with Crippen molar-refractivity contribution in [2.24, 2.45) is 0 Å². The molecule has 0 radical (unpaired) electrons. The first-order valence-electron chi connectivity index (χ1n) is 3.66. The highest BCUT2D eigenvalue weighted by atomic mass is 16.3. The summed E-state index contributed by atoms with van der Waals surface area (Å²) in [7, 11) is 0. The van der Waals surface area contributed by atoms with Crippen molar-refractivity contribution in [2.75, 3.05) is 0 Å². The molecule has 1 aromatic heterocycles. The largest absolute Gasteiger partial charge is 0.447 e. The van der Waals surface area contributed by atoms with Gasteiger partial charge in [0.15, 0.2) is 6.39 Å². The quantitative estimate of drug-likeness (QED) is 0.563. The zero-order valence-electron chi connectivity index (χ0n) is 6.32. The molecule has 1 aromatic rings. The fraction of sp³-hybridized carbons (Fsp3) is 0.222. The van der Waals surface area contributed by atoms with Gasteiger partial charge in [-0.2, -0.15) is 0 Å². The monoisotopic (exact) mass is 147 g/mol. The highest BCUT2D eigenvalue weighted by Gasteiger charge is 2.12. The maximum Gasteiger partial charge on any atom is 0.181 e. The molecule has 1 aliphatic rings. The number of allylic oxidation sites excluding steroid dienone is 3. The minimum absolute atomic E-state index is 0.336. The van der Waals surface area contributed by atoms with Gasteiger partial charge < -0.3 is 4.42 Å². The van der Waals surface area contributed by atoms with Crippen LogP contribution >= 0.6 is 0 Å². The number of hydrogen-bond donors (Lipinski definition) is 0. The average Bonchev–Trinajstić information content (AvgIpc) is 2.40. The summed E-state index contributed by atoms with van der Waals surface area (Å²) in [6.07, 6.45) is 9.53. The zero-order chi connectivity index (χ0) is 7.68. The van der Waals surface area contributed by atoms with Gasteiger partial charge in [0.2, 0.25) is 0 Å². The Labute approximate surface area is 65.2 Å². The van der Waals surface area contributed by atoms with E-state index < -0.39 is 0 Å². The molecule has 0 spiro atoms. The lowest BCUT2D eigenvalue weighted by molar-refractivity contribution is 0.494. The summed E-state index contributed by atoms with van der Waals surface area (Å²) in [5.74, 6) is 1.29. The zero-order valence-corrected chi connectivity index (χ0v) is 6.32. The molecule has 56 valence electrons. The summed E-state index contributed by atoms with van der Waals surface area (Å²) in [6, 6.07) is 0. The van der Waals surface area contributed by atoms with Gasteiger partial charge in [-0.05, 0) is 6.08 Å². The maximum atomic E-state index is 5.23. The van der Waals surface area contributed by atoms with Crippen LogP contribution in [-0.4, -0.2) is 4.98 Å². The van der Waals surface area contributed by atoms with E-state index in [4.69, 9.17) is 4.42 Å². The van der Waals surface area contributed by atoms with E-state index in [1.807, 2.05) is 18.2 Å². The number of hydrogen-bond acceptors (Lipinski definition) is 2. The number of fused-ring (bicyclic) bond motifs is 1. The molecule has 0 aliphatic heterocycles. The topological polar surface area (TPSA) is 26.0 Å². The third-order valence-electron chi connectivity index (χ3n) is 1.80. The molecule has 0 saturated heterocycles. The summed E-state index contributed by atoms with van der Waals surface area (Å²) in [5, 5.41) is 0. The van der Waals surface area contributed by atoms with Gasteiger partial charge in [-0.15, -0.1) is 0 Å². The summed E-state index contributed by atoms with van der Waals surface area (Å²) >= 11 is 0. The van der Waals surface area contributed by atoms with Gasteiger partial charge in [0.25, 0.3) is 0 Å². The lowest BCUT2D eigenvalue weighted by Gasteiger charge is -1.99. The number of aromatic nitrogens is 1. The van der Waals surface area contributed by atoms with Gasteiger partial charge in [-0.1, -0.05) is 25.2 Å². The van der Waals surface area contributed by atoms with Gasteiger partial charge >= 0.3 is 0 Å². The van der Waals surface area contributed by atoms with E-state index in [2.05, 4.69) is 18.0 Å². The van der Waals surface area contributed by atoms with E-state index in [1.54, 1.807) is 0 Å². The van der Waals surface area contributed by atoms with Crippen molar-refractivity contribution in [3.8, 4) is 0 Å². The SMILES string of the molecule is C[C@@H]1C=CC=Cc2ncoc21. The van der Waals surface area contributed by atoms with Crippen molar-refractivity contribution >= 4 is 6.08 Å². The third kappa shape index (κ3) is 1.00. The average molecular weight is 147 g/mol. The van der Waals surface area contributed by atoms with Crippen LogP contribution in [0.2, 0.25) is 0 Å². The Hall–Kier alpha value is -1.31. The molecule has 0 N–H and O–H groups in total. The van der Waals surface area contributed by atoms with E-state index in [-0.39, 0.29) is 0 Å². The van der Waals surface area contributed by atoms with Crippen LogP contribution in [0.25, 0.3) is 6.08 Å². The first-order chi connectivity index (χ1) is 5.38. The van der Waals surface area contributed by atoms with Crippen molar-refractivity contribution in [1.29, 1.82) is 0 Å². The molecule has 1 aliphatic carbocycles. The Morgan fingerprint density at radius 3 is 3.27 bits per heavy atom. The number of rotatable bonds is 0. The van der Waals surface area contributed by atoms with E-state index in [9.17, 15) is 0 Å². The van der Waals surface area contributed by atoms with E-state index >= 15 is 0 Å². The molecule has 2 heteroatoms. The van der Waals surface area contributed by atoms with Crippen molar-refractivity contribution in [3.63, 3.8) is 0 Å². The third-order valence-corrected chi connectivity index (χ3v) is 1.80. The molecule has 0 aromatic carbocycles. The first kappa shape index (κ1) is 6.40. The first-order valence-corrected chi connectivity index (χ1v) is 3.66. The Kier molecular flexibility index (Phi) is 1.39. The van der Waals surface area contributed by atoms with Crippen LogP contribution in [0.3, 0.4) is 0 Å². The highest BCUT2D eigenvalue weighted by molar-refractivity contribution is 5.51. The van der Waals surface area contributed by atoms with Gasteiger partial charge in [0.05, 0.1) is 0 Å². The fourth-order valence-corrected chi connectivity index (χ4v) is 1.19.